The number of ether oxygens (including phenoxy) is 1. The maximum absolute atomic E-state index is 5.86. The summed E-state index contributed by atoms with van der Waals surface area (Å²) in [7, 11) is 0. The second kappa shape index (κ2) is 4.33. The van der Waals surface area contributed by atoms with E-state index in [1.807, 2.05) is 18.2 Å². The van der Waals surface area contributed by atoms with Crippen LogP contribution in [-0.2, 0) is 0 Å². The maximum Gasteiger partial charge on any atom is 0.238 e. The fourth-order valence-corrected chi connectivity index (χ4v) is 2.11. The van der Waals surface area contributed by atoms with Crippen LogP contribution < -0.4 is 4.74 Å². The Hall–Kier alpha value is -2.03. The van der Waals surface area contributed by atoms with Gasteiger partial charge in [-0.15, -0.1) is 0 Å². The topological polar surface area (TPSA) is 37.9 Å². The van der Waals surface area contributed by atoms with E-state index in [-0.39, 0.29) is 6.10 Å². The zero-order valence-electron chi connectivity index (χ0n) is 10.6. The molecule has 3 rings (SSSR count). The standard InChI is InChI=1S/C15H16N2O/c1-3-10(2)18-15-14-12(8-9-16-15)11-6-4-5-7-13(11)17-14/h4-10,17H,3H2,1-2H3. The Morgan fingerprint density at radius 3 is 2.89 bits per heavy atom. The van der Waals surface area contributed by atoms with Crippen molar-refractivity contribution in [1.29, 1.82) is 0 Å². The van der Waals surface area contributed by atoms with Gasteiger partial charge in [0.1, 0.15) is 5.52 Å². The van der Waals surface area contributed by atoms with Gasteiger partial charge in [0.25, 0.3) is 0 Å². The molecule has 0 radical (unpaired) electrons. The zero-order chi connectivity index (χ0) is 12.5. The molecule has 0 amide bonds. The normalized spacial score (nSPS) is 13.0. The van der Waals surface area contributed by atoms with Crippen molar-refractivity contribution >= 4 is 21.8 Å². The number of para-hydroxylation sites is 1. The van der Waals surface area contributed by atoms with Crippen molar-refractivity contribution in [2.75, 3.05) is 0 Å². The van der Waals surface area contributed by atoms with Crippen LogP contribution in [0.15, 0.2) is 36.5 Å². The molecule has 1 aromatic carbocycles. The molecule has 3 aromatic rings. The number of pyridine rings is 1. The van der Waals surface area contributed by atoms with Crippen LogP contribution in [0.2, 0.25) is 0 Å². The van der Waals surface area contributed by atoms with E-state index in [4.69, 9.17) is 4.74 Å². The molecule has 0 aliphatic rings. The molecule has 3 nitrogen and oxygen atoms in total. The third-order valence-electron chi connectivity index (χ3n) is 3.28. The second-order valence-corrected chi connectivity index (χ2v) is 4.55. The number of fused-ring (bicyclic) bond motifs is 3. The Morgan fingerprint density at radius 2 is 2.06 bits per heavy atom. The molecular weight excluding hydrogens is 224 g/mol. The number of hydrogen-bond donors (Lipinski definition) is 1. The van der Waals surface area contributed by atoms with Crippen LogP contribution in [0.4, 0.5) is 0 Å². The molecule has 0 fully saturated rings. The number of H-pyrrole nitrogens is 1. The van der Waals surface area contributed by atoms with Gasteiger partial charge in [-0.1, -0.05) is 25.1 Å². The number of hydrogen-bond acceptors (Lipinski definition) is 2. The highest BCUT2D eigenvalue weighted by Gasteiger charge is 2.11. The summed E-state index contributed by atoms with van der Waals surface area (Å²) in [4.78, 5) is 7.73. The first kappa shape index (κ1) is 11.1. The minimum absolute atomic E-state index is 0.175. The Kier molecular flexibility index (Phi) is 2.67. The molecule has 1 N–H and O–H groups in total. The zero-order valence-corrected chi connectivity index (χ0v) is 10.6. The lowest BCUT2D eigenvalue weighted by atomic mass is 10.2. The highest BCUT2D eigenvalue weighted by Crippen LogP contribution is 2.30. The Morgan fingerprint density at radius 1 is 1.22 bits per heavy atom. The fraction of sp³-hybridized carbons (Fsp3) is 0.267. The van der Waals surface area contributed by atoms with Gasteiger partial charge in [-0.05, 0) is 25.5 Å². The van der Waals surface area contributed by atoms with E-state index < -0.39 is 0 Å². The van der Waals surface area contributed by atoms with Crippen molar-refractivity contribution in [2.45, 2.75) is 26.4 Å². The number of aromatic nitrogens is 2. The summed E-state index contributed by atoms with van der Waals surface area (Å²) >= 11 is 0. The van der Waals surface area contributed by atoms with Gasteiger partial charge in [0.15, 0.2) is 0 Å². The quantitative estimate of drug-likeness (QED) is 0.754. The largest absolute Gasteiger partial charge is 0.473 e. The number of aromatic amines is 1. The molecule has 0 saturated carbocycles. The molecule has 0 saturated heterocycles. The predicted molar refractivity (Wildman–Crippen MR) is 74.0 cm³/mol. The molecule has 0 aliphatic carbocycles. The molecule has 0 spiro atoms. The molecule has 2 heterocycles. The van der Waals surface area contributed by atoms with Crippen LogP contribution in [0.5, 0.6) is 5.88 Å². The second-order valence-electron chi connectivity index (χ2n) is 4.55. The third kappa shape index (κ3) is 1.72. The summed E-state index contributed by atoms with van der Waals surface area (Å²) in [5.74, 6) is 0.693. The monoisotopic (exact) mass is 240 g/mol. The minimum Gasteiger partial charge on any atom is -0.473 e. The number of benzene rings is 1. The van der Waals surface area contributed by atoms with E-state index in [0.29, 0.717) is 5.88 Å². The van der Waals surface area contributed by atoms with E-state index in [1.54, 1.807) is 6.20 Å². The van der Waals surface area contributed by atoms with Gasteiger partial charge in [0, 0.05) is 22.5 Å². The lowest BCUT2D eigenvalue weighted by Crippen LogP contribution is -2.10. The third-order valence-corrected chi connectivity index (χ3v) is 3.28. The van der Waals surface area contributed by atoms with Crippen molar-refractivity contribution < 1.29 is 4.74 Å². The summed E-state index contributed by atoms with van der Waals surface area (Å²) < 4.78 is 5.86. The summed E-state index contributed by atoms with van der Waals surface area (Å²) in [6.45, 7) is 4.17. The van der Waals surface area contributed by atoms with E-state index in [9.17, 15) is 0 Å². The van der Waals surface area contributed by atoms with Gasteiger partial charge in [-0.3, -0.25) is 0 Å². The molecule has 18 heavy (non-hydrogen) atoms. The van der Waals surface area contributed by atoms with Crippen LogP contribution in [0.25, 0.3) is 21.8 Å². The molecule has 1 unspecified atom stereocenters. The molecule has 0 aliphatic heterocycles. The van der Waals surface area contributed by atoms with Crippen LogP contribution in [0.1, 0.15) is 20.3 Å². The molecule has 92 valence electrons. The fourth-order valence-electron chi connectivity index (χ4n) is 2.11. The average Bonchev–Trinajstić information content (AvgIpc) is 2.78. The average molecular weight is 240 g/mol. The van der Waals surface area contributed by atoms with E-state index in [1.165, 1.54) is 10.8 Å². The lowest BCUT2D eigenvalue weighted by molar-refractivity contribution is 0.211. The van der Waals surface area contributed by atoms with Crippen molar-refractivity contribution in [3.05, 3.63) is 36.5 Å². The smallest absolute Gasteiger partial charge is 0.238 e. The van der Waals surface area contributed by atoms with Gasteiger partial charge in [0.05, 0.1) is 6.10 Å². The van der Waals surface area contributed by atoms with E-state index in [0.717, 1.165) is 17.5 Å². The van der Waals surface area contributed by atoms with Crippen molar-refractivity contribution in [3.8, 4) is 5.88 Å². The van der Waals surface area contributed by atoms with Crippen LogP contribution in [0, 0.1) is 0 Å². The van der Waals surface area contributed by atoms with Crippen LogP contribution >= 0.6 is 0 Å². The van der Waals surface area contributed by atoms with Gasteiger partial charge in [0.2, 0.25) is 5.88 Å². The van der Waals surface area contributed by atoms with Crippen molar-refractivity contribution in [1.82, 2.24) is 9.97 Å². The summed E-state index contributed by atoms with van der Waals surface area (Å²) in [5, 5.41) is 2.38. The minimum atomic E-state index is 0.175. The SMILES string of the molecule is CCC(C)Oc1nccc2c1[nH]c1ccccc12. The number of nitrogens with zero attached hydrogens (tertiary/aromatic N) is 1. The summed E-state index contributed by atoms with van der Waals surface area (Å²) in [6.07, 6.45) is 2.95. The van der Waals surface area contributed by atoms with E-state index >= 15 is 0 Å². The highest BCUT2D eigenvalue weighted by atomic mass is 16.5. The van der Waals surface area contributed by atoms with Gasteiger partial charge in [-0.25, -0.2) is 4.98 Å². The van der Waals surface area contributed by atoms with Gasteiger partial charge < -0.3 is 9.72 Å². The Bertz CT molecular complexity index is 687. The van der Waals surface area contributed by atoms with E-state index in [2.05, 4.69) is 35.9 Å². The summed E-state index contributed by atoms with van der Waals surface area (Å²) in [6, 6.07) is 10.3. The first-order valence-electron chi connectivity index (χ1n) is 6.31. The van der Waals surface area contributed by atoms with Crippen molar-refractivity contribution in [2.24, 2.45) is 0 Å². The van der Waals surface area contributed by atoms with Gasteiger partial charge in [-0.2, -0.15) is 0 Å². The molecular formula is C15H16N2O. The summed E-state index contributed by atoms with van der Waals surface area (Å²) in [5.41, 5.74) is 2.11. The Balaban J connectivity index is 2.21. The van der Waals surface area contributed by atoms with Crippen LogP contribution in [0.3, 0.4) is 0 Å². The lowest BCUT2D eigenvalue weighted by Gasteiger charge is -2.11. The van der Waals surface area contributed by atoms with Crippen LogP contribution in [-0.4, -0.2) is 16.1 Å². The first-order chi connectivity index (χ1) is 8.79. The molecule has 3 heteroatoms. The first-order valence-corrected chi connectivity index (χ1v) is 6.31. The highest BCUT2D eigenvalue weighted by molar-refractivity contribution is 6.08. The number of nitrogens with one attached hydrogen (secondary N) is 1. The molecule has 1 atom stereocenters. The predicted octanol–water partition coefficient (Wildman–Crippen LogP) is 3.89. The Labute approximate surface area is 106 Å². The van der Waals surface area contributed by atoms with Crippen molar-refractivity contribution in [3.63, 3.8) is 0 Å². The molecule has 0 bridgehead atoms. The number of rotatable bonds is 3. The van der Waals surface area contributed by atoms with Gasteiger partial charge >= 0.3 is 0 Å². The maximum atomic E-state index is 5.86. The molecule has 2 aromatic heterocycles.